The van der Waals surface area contributed by atoms with Gasteiger partial charge in [0.2, 0.25) is 11.8 Å². The first kappa shape index (κ1) is 16.5. The lowest BCUT2D eigenvalue weighted by molar-refractivity contribution is -0.121. The Morgan fingerprint density at radius 1 is 1.18 bits per heavy atom. The molecule has 0 spiro atoms. The van der Waals surface area contributed by atoms with Crippen molar-refractivity contribution in [3.63, 3.8) is 0 Å². The summed E-state index contributed by atoms with van der Waals surface area (Å²) in [5.74, 6) is -0.0858. The first-order chi connectivity index (χ1) is 10.4. The van der Waals surface area contributed by atoms with Crippen LogP contribution in [0.2, 0.25) is 0 Å². The van der Waals surface area contributed by atoms with Gasteiger partial charge in [0.05, 0.1) is 17.1 Å². The molecule has 1 heterocycles. The Balaban J connectivity index is 1.94. The molecule has 1 aliphatic rings. The average molecular weight is 324 g/mol. The third kappa shape index (κ3) is 4.30. The van der Waals surface area contributed by atoms with E-state index in [1.165, 1.54) is 6.92 Å². The zero-order valence-corrected chi connectivity index (χ0v) is 13.3. The third-order valence-electron chi connectivity index (χ3n) is 3.50. The molecule has 1 aliphatic heterocycles. The number of nitrogens with one attached hydrogen (secondary N) is 2. The Labute approximate surface area is 130 Å². The van der Waals surface area contributed by atoms with Crippen LogP contribution in [0.15, 0.2) is 23.1 Å². The molecule has 0 aliphatic carbocycles. The van der Waals surface area contributed by atoms with E-state index in [0.717, 1.165) is 17.5 Å². The normalized spacial score (nSPS) is 15.7. The number of fused-ring (bicyclic) bond motifs is 1. The number of sulfone groups is 1. The summed E-state index contributed by atoms with van der Waals surface area (Å²) < 4.78 is 23.8. The van der Waals surface area contributed by atoms with Gasteiger partial charge in [-0.15, -0.1) is 0 Å². The Morgan fingerprint density at radius 2 is 1.91 bits per heavy atom. The van der Waals surface area contributed by atoms with Crippen molar-refractivity contribution in [2.75, 3.05) is 18.8 Å². The molecule has 0 radical (unpaired) electrons. The molecule has 0 bridgehead atoms. The van der Waals surface area contributed by atoms with E-state index in [-0.39, 0.29) is 24.0 Å². The van der Waals surface area contributed by atoms with E-state index in [0.29, 0.717) is 24.4 Å². The number of carbonyl (C=O) groups is 2. The van der Waals surface area contributed by atoms with Crippen molar-refractivity contribution in [1.82, 2.24) is 10.6 Å². The monoisotopic (exact) mass is 324 g/mol. The van der Waals surface area contributed by atoms with Crippen molar-refractivity contribution >= 4 is 21.7 Å². The highest BCUT2D eigenvalue weighted by Crippen LogP contribution is 2.25. The molecule has 0 atom stereocenters. The summed E-state index contributed by atoms with van der Waals surface area (Å²) in [6.07, 6.45) is 1.56. The van der Waals surface area contributed by atoms with Crippen LogP contribution in [0.25, 0.3) is 0 Å². The van der Waals surface area contributed by atoms with Crippen LogP contribution in [0.4, 0.5) is 0 Å². The number of rotatable bonds is 5. The van der Waals surface area contributed by atoms with Crippen molar-refractivity contribution in [2.45, 2.75) is 31.1 Å². The van der Waals surface area contributed by atoms with E-state index < -0.39 is 9.84 Å². The molecule has 6 nitrogen and oxygen atoms in total. The van der Waals surface area contributed by atoms with Gasteiger partial charge >= 0.3 is 0 Å². The van der Waals surface area contributed by atoms with Crippen LogP contribution in [-0.2, 0) is 32.3 Å². The molecule has 120 valence electrons. The van der Waals surface area contributed by atoms with Gasteiger partial charge < -0.3 is 10.6 Å². The lowest BCUT2D eigenvalue weighted by atomic mass is 10.0. The van der Waals surface area contributed by atoms with Crippen LogP contribution >= 0.6 is 0 Å². The second kappa shape index (κ2) is 6.91. The van der Waals surface area contributed by atoms with E-state index in [2.05, 4.69) is 10.6 Å². The Kier molecular flexibility index (Phi) is 5.18. The molecule has 2 amide bonds. The number of hydrogen-bond acceptors (Lipinski definition) is 4. The molecule has 22 heavy (non-hydrogen) atoms. The average Bonchev–Trinajstić information content (AvgIpc) is 2.43. The zero-order valence-electron chi connectivity index (χ0n) is 12.5. The maximum absolute atomic E-state index is 11.9. The van der Waals surface area contributed by atoms with Gasteiger partial charge in [0, 0.05) is 20.0 Å². The Hall–Kier alpha value is -1.89. The van der Waals surface area contributed by atoms with Gasteiger partial charge in [-0.3, -0.25) is 9.59 Å². The highest BCUT2D eigenvalue weighted by Gasteiger charge is 2.23. The summed E-state index contributed by atoms with van der Waals surface area (Å²) in [5, 5.41) is 5.31. The molecule has 1 aromatic carbocycles. The van der Waals surface area contributed by atoms with E-state index in [1.54, 1.807) is 18.2 Å². The van der Waals surface area contributed by atoms with Crippen molar-refractivity contribution < 1.29 is 18.0 Å². The second-order valence-corrected chi connectivity index (χ2v) is 7.45. The van der Waals surface area contributed by atoms with Gasteiger partial charge in [0.15, 0.2) is 9.84 Å². The SMILES string of the molecule is CC(=O)NCCNC(=O)Cc1ccc2c(c1)CCCS2(=O)=O. The first-order valence-electron chi connectivity index (χ1n) is 7.24. The van der Waals surface area contributed by atoms with Crippen molar-refractivity contribution in [2.24, 2.45) is 0 Å². The van der Waals surface area contributed by atoms with Crippen molar-refractivity contribution in [1.29, 1.82) is 0 Å². The number of hydrogen-bond donors (Lipinski definition) is 2. The number of carbonyl (C=O) groups excluding carboxylic acids is 2. The minimum Gasteiger partial charge on any atom is -0.355 e. The summed E-state index contributed by atoms with van der Waals surface area (Å²) in [7, 11) is -3.15. The Morgan fingerprint density at radius 3 is 2.64 bits per heavy atom. The number of aryl methyl sites for hydroxylation is 1. The molecule has 2 N–H and O–H groups in total. The molecular weight excluding hydrogens is 304 g/mol. The third-order valence-corrected chi connectivity index (χ3v) is 5.40. The highest BCUT2D eigenvalue weighted by molar-refractivity contribution is 7.91. The fraction of sp³-hybridized carbons (Fsp3) is 0.467. The maximum Gasteiger partial charge on any atom is 0.224 e. The number of benzene rings is 1. The topological polar surface area (TPSA) is 92.3 Å². The fourth-order valence-electron chi connectivity index (χ4n) is 2.49. The standard InChI is InChI=1S/C15H20N2O4S/c1-11(18)16-6-7-17-15(19)10-12-4-5-14-13(9-12)3-2-8-22(14,20)21/h4-5,9H,2-3,6-8,10H2,1H3,(H,16,18)(H,17,19). The highest BCUT2D eigenvalue weighted by atomic mass is 32.2. The van der Waals surface area contributed by atoms with Crippen LogP contribution in [0.1, 0.15) is 24.5 Å². The van der Waals surface area contributed by atoms with E-state index in [1.807, 2.05) is 0 Å². The van der Waals surface area contributed by atoms with E-state index in [9.17, 15) is 18.0 Å². The second-order valence-electron chi connectivity index (χ2n) is 5.37. The minimum absolute atomic E-state index is 0.134. The lowest BCUT2D eigenvalue weighted by Gasteiger charge is -2.17. The van der Waals surface area contributed by atoms with Crippen LogP contribution in [0, 0.1) is 0 Å². The molecule has 0 fully saturated rings. The zero-order chi connectivity index (χ0) is 16.2. The van der Waals surface area contributed by atoms with Gasteiger partial charge in [-0.25, -0.2) is 8.42 Å². The van der Waals surface area contributed by atoms with Crippen LogP contribution in [0.5, 0.6) is 0 Å². The molecular formula is C15H20N2O4S. The summed E-state index contributed by atoms with van der Waals surface area (Å²) in [6.45, 7) is 2.18. The molecule has 1 aromatic rings. The van der Waals surface area contributed by atoms with Gasteiger partial charge in [-0.1, -0.05) is 12.1 Å². The van der Waals surface area contributed by atoms with Gasteiger partial charge in [-0.2, -0.15) is 0 Å². The van der Waals surface area contributed by atoms with Crippen LogP contribution < -0.4 is 10.6 Å². The van der Waals surface area contributed by atoms with Crippen molar-refractivity contribution in [3.05, 3.63) is 29.3 Å². The van der Waals surface area contributed by atoms with Gasteiger partial charge in [0.1, 0.15) is 0 Å². The molecule has 0 saturated carbocycles. The summed E-state index contributed by atoms with van der Waals surface area (Å²) >= 11 is 0. The largest absolute Gasteiger partial charge is 0.355 e. The van der Waals surface area contributed by atoms with Gasteiger partial charge in [0.25, 0.3) is 0 Å². The van der Waals surface area contributed by atoms with Crippen LogP contribution in [-0.4, -0.2) is 39.1 Å². The van der Waals surface area contributed by atoms with Crippen LogP contribution in [0.3, 0.4) is 0 Å². The molecule has 0 unspecified atom stereocenters. The summed E-state index contributed by atoms with van der Waals surface area (Å²) in [4.78, 5) is 22.9. The van der Waals surface area contributed by atoms with Crippen molar-refractivity contribution in [3.8, 4) is 0 Å². The predicted molar refractivity (Wildman–Crippen MR) is 82.2 cm³/mol. The smallest absolute Gasteiger partial charge is 0.224 e. The molecule has 0 aromatic heterocycles. The maximum atomic E-state index is 11.9. The fourth-order valence-corrected chi connectivity index (χ4v) is 4.07. The first-order valence-corrected chi connectivity index (χ1v) is 8.89. The minimum atomic E-state index is -3.15. The Bertz CT molecular complexity index is 683. The lowest BCUT2D eigenvalue weighted by Crippen LogP contribution is -2.34. The van der Waals surface area contributed by atoms with Gasteiger partial charge in [-0.05, 0) is 30.0 Å². The molecule has 0 saturated heterocycles. The number of amides is 2. The molecule has 7 heteroatoms. The summed E-state index contributed by atoms with van der Waals surface area (Å²) in [6, 6.07) is 5.10. The predicted octanol–water partition coefficient (Wildman–Crippen LogP) is 0.201. The summed E-state index contributed by atoms with van der Waals surface area (Å²) in [5.41, 5.74) is 1.60. The quantitative estimate of drug-likeness (QED) is 0.757. The van der Waals surface area contributed by atoms with E-state index >= 15 is 0 Å². The van der Waals surface area contributed by atoms with E-state index in [4.69, 9.17) is 0 Å². The molecule has 2 rings (SSSR count).